The number of aromatic nitrogens is 1. The molecule has 0 fully saturated rings. The molecule has 0 aliphatic carbocycles. The second-order valence-corrected chi connectivity index (χ2v) is 8.12. The summed E-state index contributed by atoms with van der Waals surface area (Å²) in [6.45, 7) is 0.775. The number of thioether (sulfide) groups is 1. The van der Waals surface area contributed by atoms with Gasteiger partial charge in [-0.1, -0.05) is 30.3 Å². The molecular weight excluding hydrogens is 348 g/mol. The van der Waals surface area contributed by atoms with E-state index in [9.17, 15) is 4.79 Å². The van der Waals surface area contributed by atoms with E-state index in [0.717, 1.165) is 24.2 Å². The van der Waals surface area contributed by atoms with Gasteiger partial charge in [0.25, 0.3) is 0 Å². The van der Waals surface area contributed by atoms with Crippen LogP contribution in [0.5, 0.6) is 0 Å². The minimum atomic E-state index is -0.0578. The van der Waals surface area contributed by atoms with Crippen LogP contribution >= 0.6 is 23.1 Å². The molecule has 0 amide bonds. The highest BCUT2D eigenvalue weighted by Crippen LogP contribution is 2.27. The number of nitrogens with one attached hydrogen (secondary N) is 2. The number of H-pyrrole nitrogens is 1. The molecule has 5 heteroatoms. The summed E-state index contributed by atoms with van der Waals surface area (Å²) in [5, 5.41) is 6.68. The Labute approximate surface area is 155 Å². The molecule has 1 aliphatic heterocycles. The second-order valence-electron chi connectivity index (χ2n) is 6.19. The van der Waals surface area contributed by atoms with Gasteiger partial charge in [0, 0.05) is 34.3 Å². The first-order chi connectivity index (χ1) is 12.3. The molecular formula is C20H20N2OS2. The number of benzene rings is 1. The lowest BCUT2D eigenvalue weighted by Crippen LogP contribution is -2.40. The fourth-order valence-electron chi connectivity index (χ4n) is 3.20. The van der Waals surface area contributed by atoms with Crippen LogP contribution < -0.4 is 5.32 Å². The molecule has 25 heavy (non-hydrogen) atoms. The molecule has 1 unspecified atom stereocenters. The van der Waals surface area contributed by atoms with Crippen LogP contribution in [0.3, 0.4) is 0 Å². The van der Waals surface area contributed by atoms with Gasteiger partial charge in [-0.2, -0.15) is 0 Å². The van der Waals surface area contributed by atoms with Crippen molar-refractivity contribution < 1.29 is 4.79 Å². The van der Waals surface area contributed by atoms with Crippen LogP contribution in [0, 0.1) is 0 Å². The van der Waals surface area contributed by atoms with E-state index >= 15 is 0 Å². The fourth-order valence-corrected chi connectivity index (χ4v) is 4.95. The number of carbonyl (C=O) groups excluding carboxylic acids is 1. The number of rotatable bonds is 6. The highest BCUT2D eigenvalue weighted by molar-refractivity contribution is 7.99. The zero-order valence-corrected chi connectivity index (χ0v) is 15.5. The summed E-state index contributed by atoms with van der Waals surface area (Å²) in [6, 6.07) is 12.4. The summed E-state index contributed by atoms with van der Waals surface area (Å²) >= 11 is 3.44. The maximum absolute atomic E-state index is 12.6. The Morgan fingerprint density at radius 2 is 2.16 bits per heavy atom. The van der Waals surface area contributed by atoms with Gasteiger partial charge in [0.05, 0.1) is 11.8 Å². The van der Waals surface area contributed by atoms with Crippen molar-refractivity contribution >= 4 is 45.4 Å². The van der Waals surface area contributed by atoms with Gasteiger partial charge in [0.15, 0.2) is 5.78 Å². The first-order valence-corrected chi connectivity index (χ1v) is 10.5. The van der Waals surface area contributed by atoms with Gasteiger partial charge in [-0.15, -0.1) is 23.1 Å². The third-order valence-electron chi connectivity index (χ3n) is 4.54. The summed E-state index contributed by atoms with van der Waals surface area (Å²) in [4.78, 5) is 17.2. The van der Waals surface area contributed by atoms with Crippen LogP contribution in [-0.4, -0.2) is 29.1 Å². The Hall–Kier alpha value is -1.82. The summed E-state index contributed by atoms with van der Waals surface area (Å²) < 4.78 is 0. The molecule has 4 rings (SSSR count). The number of carbonyl (C=O) groups is 1. The minimum Gasteiger partial charge on any atom is -0.361 e. The third-order valence-corrected chi connectivity index (χ3v) is 6.49. The van der Waals surface area contributed by atoms with E-state index in [1.165, 1.54) is 21.4 Å². The molecule has 1 atom stereocenters. The number of Topliss-reactive ketones (excluding diaryl/α,β-unsaturated/α-hetero) is 1. The number of thiophene rings is 1. The number of ketones is 1. The van der Waals surface area contributed by atoms with Crippen LogP contribution in [0.2, 0.25) is 0 Å². The normalized spacial score (nSPS) is 17.6. The number of fused-ring (bicyclic) bond motifs is 1. The van der Waals surface area contributed by atoms with E-state index in [-0.39, 0.29) is 6.04 Å². The average molecular weight is 369 g/mol. The monoisotopic (exact) mass is 368 g/mol. The zero-order valence-electron chi connectivity index (χ0n) is 13.8. The topological polar surface area (TPSA) is 44.9 Å². The van der Waals surface area contributed by atoms with Gasteiger partial charge in [-0.25, -0.2) is 0 Å². The van der Waals surface area contributed by atoms with Crippen molar-refractivity contribution in [3.63, 3.8) is 0 Å². The van der Waals surface area contributed by atoms with Gasteiger partial charge >= 0.3 is 0 Å². The van der Waals surface area contributed by atoms with Crippen molar-refractivity contribution in [3.8, 4) is 0 Å². The van der Waals surface area contributed by atoms with Gasteiger partial charge in [0.2, 0.25) is 0 Å². The molecule has 0 radical (unpaired) electrons. The predicted octanol–water partition coefficient (Wildman–Crippen LogP) is 4.48. The Balaban J connectivity index is 1.33. The number of hydrogen-bond acceptors (Lipinski definition) is 4. The van der Waals surface area contributed by atoms with Crippen molar-refractivity contribution in [2.75, 3.05) is 12.3 Å². The van der Waals surface area contributed by atoms with Crippen LogP contribution in [-0.2, 0) is 10.5 Å². The fraction of sp³-hybridized carbons (Fsp3) is 0.250. The molecule has 1 aromatic carbocycles. The Kier molecular flexibility index (Phi) is 5.06. The van der Waals surface area contributed by atoms with Crippen LogP contribution in [0.25, 0.3) is 16.5 Å². The van der Waals surface area contributed by atoms with Crippen molar-refractivity contribution in [3.05, 3.63) is 64.5 Å². The third kappa shape index (κ3) is 3.73. The maximum atomic E-state index is 12.6. The Bertz CT molecular complexity index is 895. The molecule has 128 valence electrons. The number of hydrogen-bond donors (Lipinski definition) is 2. The minimum absolute atomic E-state index is 0.0578. The van der Waals surface area contributed by atoms with Crippen LogP contribution in [0.15, 0.2) is 54.1 Å². The molecule has 3 nitrogen and oxygen atoms in total. The summed E-state index contributed by atoms with van der Waals surface area (Å²) in [5.41, 5.74) is 3.72. The molecule has 0 saturated carbocycles. The molecule has 2 aromatic heterocycles. The first kappa shape index (κ1) is 16.6. The predicted molar refractivity (Wildman–Crippen MR) is 108 cm³/mol. The van der Waals surface area contributed by atoms with Gasteiger partial charge in [-0.05, 0) is 35.1 Å². The molecule has 0 bridgehead atoms. The van der Waals surface area contributed by atoms with E-state index in [2.05, 4.69) is 58.3 Å². The van der Waals surface area contributed by atoms with Gasteiger partial charge in [-0.3, -0.25) is 4.79 Å². The maximum Gasteiger partial charge on any atom is 0.159 e. The van der Waals surface area contributed by atoms with E-state index in [4.69, 9.17) is 0 Å². The summed E-state index contributed by atoms with van der Waals surface area (Å²) in [7, 11) is 0. The standard InChI is InChI=1S/C20H20N2OS2/c23-19(18-10-14(7-8-21-18)20-6-3-9-25-20)13-24-12-15-11-22-17-5-2-1-4-16(15)17/h1-7,9,11,18,21-22H,8,10,12-13H2. The lowest BCUT2D eigenvalue weighted by molar-refractivity contribution is -0.118. The number of aromatic amines is 1. The van der Waals surface area contributed by atoms with Crippen LogP contribution in [0.4, 0.5) is 0 Å². The molecule has 3 aromatic rings. The zero-order chi connectivity index (χ0) is 17.1. The molecule has 1 aliphatic rings. The molecule has 0 spiro atoms. The highest BCUT2D eigenvalue weighted by atomic mass is 32.2. The van der Waals surface area contributed by atoms with Crippen molar-refractivity contribution in [1.29, 1.82) is 0 Å². The van der Waals surface area contributed by atoms with Crippen LogP contribution in [0.1, 0.15) is 16.9 Å². The first-order valence-electron chi connectivity index (χ1n) is 8.43. The van der Waals surface area contributed by atoms with Crippen molar-refractivity contribution in [1.82, 2.24) is 10.3 Å². The lowest BCUT2D eigenvalue weighted by atomic mass is 9.98. The lowest BCUT2D eigenvalue weighted by Gasteiger charge is -2.22. The highest BCUT2D eigenvalue weighted by Gasteiger charge is 2.23. The Morgan fingerprint density at radius 3 is 3.04 bits per heavy atom. The smallest absolute Gasteiger partial charge is 0.159 e. The van der Waals surface area contributed by atoms with E-state index < -0.39 is 0 Å². The molecule has 2 N–H and O–H groups in total. The SMILES string of the molecule is O=C(CSCc1c[nH]c2ccccc12)C1CC(c2cccs2)=CCN1. The number of para-hydroxylation sites is 1. The largest absolute Gasteiger partial charge is 0.361 e. The van der Waals surface area contributed by atoms with E-state index in [1.807, 2.05) is 6.07 Å². The van der Waals surface area contributed by atoms with Gasteiger partial charge in [0.1, 0.15) is 0 Å². The van der Waals surface area contributed by atoms with Crippen molar-refractivity contribution in [2.24, 2.45) is 0 Å². The van der Waals surface area contributed by atoms with E-state index in [0.29, 0.717) is 11.5 Å². The van der Waals surface area contributed by atoms with E-state index in [1.54, 1.807) is 23.1 Å². The second kappa shape index (κ2) is 7.60. The van der Waals surface area contributed by atoms with Gasteiger partial charge < -0.3 is 10.3 Å². The quantitative estimate of drug-likeness (QED) is 0.674. The molecule has 0 saturated heterocycles. The average Bonchev–Trinajstić information content (AvgIpc) is 3.32. The summed E-state index contributed by atoms with van der Waals surface area (Å²) in [5.74, 6) is 1.71. The Morgan fingerprint density at radius 1 is 1.24 bits per heavy atom. The summed E-state index contributed by atoms with van der Waals surface area (Å²) in [6.07, 6.45) is 5.06. The molecule has 3 heterocycles. The van der Waals surface area contributed by atoms with Crippen molar-refractivity contribution in [2.45, 2.75) is 18.2 Å².